The summed E-state index contributed by atoms with van der Waals surface area (Å²) in [4.78, 5) is 20.2. The van der Waals surface area contributed by atoms with E-state index in [1.165, 1.54) is 30.6 Å². The standard InChI is InChI=1S/C16H10BrFN2O2/c17-11-3-6-14-13(7-11)16(20-9-19-14)22-8-15(21)10-1-4-12(18)5-2-10/h1-7,9H,8H2. The SMILES string of the molecule is O=C(COc1ncnc2ccc(Br)cc12)c1ccc(F)cc1. The average molecular weight is 361 g/mol. The fraction of sp³-hybridized carbons (Fsp3) is 0.0625. The van der Waals surface area contributed by atoms with E-state index in [2.05, 4.69) is 25.9 Å². The van der Waals surface area contributed by atoms with Gasteiger partial charge in [0.25, 0.3) is 0 Å². The van der Waals surface area contributed by atoms with Gasteiger partial charge in [-0.2, -0.15) is 0 Å². The van der Waals surface area contributed by atoms with Crippen molar-refractivity contribution in [2.75, 3.05) is 6.61 Å². The molecule has 0 fully saturated rings. The molecule has 4 nitrogen and oxygen atoms in total. The van der Waals surface area contributed by atoms with Gasteiger partial charge in [0.1, 0.15) is 12.1 Å². The minimum Gasteiger partial charge on any atom is -0.469 e. The number of benzene rings is 2. The number of Topliss-reactive ketones (excluding diaryl/α,β-unsaturated/α-hetero) is 1. The average Bonchev–Trinajstić information content (AvgIpc) is 2.53. The highest BCUT2D eigenvalue weighted by molar-refractivity contribution is 9.10. The Balaban J connectivity index is 1.80. The highest BCUT2D eigenvalue weighted by Gasteiger charge is 2.10. The third-order valence-electron chi connectivity index (χ3n) is 3.07. The fourth-order valence-corrected chi connectivity index (χ4v) is 2.33. The summed E-state index contributed by atoms with van der Waals surface area (Å²) < 4.78 is 19.2. The molecule has 0 bridgehead atoms. The van der Waals surface area contributed by atoms with Gasteiger partial charge in [-0.3, -0.25) is 4.79 Å². The van der Waals surface area contributed by atoms with Gasteiger partial charge in [-0.25, -0.2) is 14.4 Å². The Morgan fingerprint density at radius 2 is 1.91 bits per heavy atom. The van der Waals surface area contributed by atoms with Crippen molar-refractivity contribution in [2.45, 2.75) is 0 Å². The Kier molecular flexibility index (Phi) is 4.11. The van der Waals surface area contributed by atoms with Crippen molar-refractivity contribution in [3.05, 3.63) is 64.6 Å². The van der Waals surface area contributed by atoms with E-state index in [0.717, 1.165) is 9.99 Å². The van der Waals surface area contributed by atoms with E-state index in [9.17, 15) is 9.18 Å². The Labute approximate surface area is 134 Å². The summed E-state index contributed by atoms with van der Waals surface area (Å²) in [5.74, 6) is -0.298. The summed E-state index contributed by atoms with van der Waals surface area (Å²) in [6.45, 7) is -0.176. The zero-order valence-corrected chi connectivity index (χ0v) is 12.9. The molecule has 0 saturated heterocycles. The van der Waals surface area contributed by atoms with Crippen LogP contribution in [0.4, 0.5) is 4.39 Å². The topological polar surface area (TPSA) is 52.1 Å². The van der Waals surface area contributed by atoms with Crippen LogP contribution in [-0.4, -0.2) is 22.4 Å². The highest BCUT2D eigenvalue weighted by Crippen LogP contribution is 2.24. The molecule has 2 aromatic carbocycles. The molecule has 0 N–H and O–H groups in total. The quantitative estimate of drug-likeness (QED) is 0.664. The first-order valence-corrected chi connectivity index (χ1v) is 7.24. The van der Waals surface area contributed by atoms with Crippen LogP contribution in [-0.2, 0) is 0 Å². The number of ketones is 1. The summed E-state index contributed by atoms with van der Waals surface area (Å²) in [5.41, 5.74) is 1.11. The fourth-order valence-electron chi connectivity index (χ4n) is 1.97. The molecule has 0 amide bonds. The number of rotatable bonds is 4. The summed E-state index contributed by atoms with van der Waals surface area (Å²) in [6.07, 6.45) is 1.38. The van der Waals surface area contributed by atoms with Crippen molar-refractivity contribution in [3.8, 4) is 5.88 Å². The zero-order chi connectivity index (χ0) is 15.5. The monoisotopic (exact) mass is 360 g/mol. The number of aromatic nitrogens is 2. The van der Waals surface area contributed by atoms with Crippen LogP contribution in [0.2, 0.25) is 0 Å². The summed E-state index contributed by atoms with van der Waals surface area (Å²) in [6, 6.07) is 10.9. The molecule has 0 atom stereocenters. The van der Waals surface area contributed by atoms with Crippen molar-refractivity contribution in [1.29, 1.82) is 0 Å². The van der Waals surface area contributed by atoms with E-state index in [1.807, 2.05) is 18.2 Å². The number of hydrogen-bond donors (Lipinski definition) is 0. The molecular weight excluding hydrogens is 351 g/mol. The van der Waals surface area contributed by atoms with Crippen molar-refractivity contribution in [2.24, 2.45) is 0 Å². The van der Waals surface area contributed by atoms with Crippen molar-refractivity contribution >= 4 is 32.6 Å². The van der Waals surface area contributed by atoms with Gasteiger partial charge in [-0.15, -0.1) is 0 Å². The van der Waals surface area contributed by atoms with Crippen LogP contribution in [0.25, 0.3) is 10.9 Å². The largest absolute Gasteiger partial charge is 0.469 e. The molecule has 1 heterocycles. The maximum Gasteiger partial charge on any atom is 0.224 e. The molecule has 0 aliphatic heterocycles. The lowest BCUT2D eigenvalue weighted by molar-refractivity contribution is 0.0919. The van der Waals surface area contributed by atoms with Crippen LogP contribution in [0.5, 0.6) is 5.88 Å². The van der Waals surface area contributed by atoms with Gasteiger partial charge in [0.15, 0.2) is 12.4 Å². The van der Waals surface area contributed by atoms with Crippen molar-refractivity contribution < 1.29 is 13.9 Å². The molecule has 1 aromatic heterocycles. The summed E-state index contributed by atoms with van der Waals surface area (Å²) in [5, 5.41) is 0.712. The Morgan fingerprint density at radius 1 is 1.14 bits per heavy atom. The number of ether oxygens (including phenoxy) is 1. The molecule has 0 aliphatic rings. The summed E-state index contributed by atoms with van der Waals surface area (Å²) in [7, 11) is 0. The minimum atomic E-state index is -0.385. The normalized spacial score (nSPS) is 10.6. The van der Waals surface area contributed by atoms with Gasteiger partial charge < -0.3 is 4.74 Å². The number of halogens is 2. The van der Waals surface area contributed by atoms with E-state index in [0.29, 0.717) is 16.8 Å². The molecule has 0 aliphatic carbocycles. The van der Waals surface area contributed by atoms with Crippen LogP contribution in [0.15, 0.2) is 53.3 Å². The van der Waals surface area contributed by atoms with E-state index >= 15 is 0 Å². The smallest absolute Gasteiger partial charge is 0.224 e. The van der Waals surface area contributed by atoms with Crippen molar-refractivity contribution in [3.63, 3.8) is 0 Å². The van der Waals surface area contributed by atoms with Crippen LogP contribution < -0.4 is 4.74 Å². The molecule has 0 unspecified atom stereocenters. The summed E-state index contributed by atoms with van der Waals surface area (Å²) >= 11 is 3.38. The van der Waals surface area contributed by atoms with Gasteiger partial charge in [-0.1, -0.05) is 15.9 Å². The molecule has 0 spiro atoms. The lowest BCUT2D eigenvalue weighted by atomic mass is 10.1. The number of carbonyl (C=O) groups is 1. The predicted molar refractivity (Wildman–Crippen MR) is 83.5 cm³/mol. The van der Waals surface area contributed by atoms with E-state index in [4.69, 9.17) is 4.74 Å². The lowest BCUT2D eigenvalue weighted by Crippen LogP contribution is -2.12. The van der Waals surface area contributed by atoms with Gasteiger partial charge >= 0.3 is 0 Å². The maximum absolute atomic E-state index is 12.8. The van der Waals surface area contributed by atoms with Gasteiger partial charge in [0.2, 0.25) is 5.88 Å². The van der Waals surface area contributed by atoms with Crippen LogP contribution in [0.3, 0.4) is 0 Å². The molecular formula is C16H10BrFN2O2. The van der Waals surface area contributed by atoms with Crippen LogP contribution in [0, 0.1) is 5.82 Å². The highest BCUT2D eigenvalue weighted by atomic mass is 79.9. The third-order valence-corrected chi connectivity index (χ3v) is 3.56. The first-order chi connectivity index (χ1) is 10.6. The predicted octanol–water partition coefficient (Wildman–Crippen LogP) is 3.79. The van der Waals surface area contributed by atoms with E-state index in [-0.39, 0.29) is 18.2 Å². The molecule has 0 radical (unpaired) electrons. The number of carbonyl (C=O) groups excluding carboxylic acids is 1. The number of hydrogen-bond acceptors (Lipinski definition) is 4. The van der Waals surface area contributed by atoms with E-state index in [1.54, 1.807) is 0 Å². The van der Waals surface area contributed by atoms with E-state index < -0.39 is 0 Å². The molecule has 6 heteroatoms. The maximum atomic E-state index is 12.8. The second kappa shape index (κ2) is 6.19. The molecule has 0 saturated carbocycles. The van der Waals surface area contributed by atoms with Crippen LogP contribution in [0.1, 0.15) is 10.4 Å². The van der Waals surface area contributed by atoms with Gasteiger partial charge in [-0.05, 0) is 42.5 Å². The third kappa shape index (κ3) is 3.12. The zero-order valence-electron chi connectivity index (χ0n) is 11.3. The Hall–Kier alpha value is -2.34. The van der Waals surface area contributed by atoms with Crippen molar-refractivity contribution in [1.82, 2.24) is 9.97 Å². The molecule has 22 heavy (non-hydrogen) atoms. The van der Waals surface area contributed by atoms with Gasteiger partial charge in [0, 0.05) is 10.0 Å². The number of nitrogens with zero attached hydrogens (tertiary/aromatic N) is 2. The molecule has 110 valence electrons. The Bertz CT molecular complexity index is 837. The number of fused-ring (bicyclic) bond motifs is 1. The molecule has 3 aromatic rings. The second-order valence-electron chi connectivity index (χ2n) is 4.56. The van der Waals surface area contributed by atoms with Gasteiger partial charge in [0.05, 0.1) is 10.9 Å². The second-order valence-corrected chi connectivity index (χ2v) is 5.47. The molecule has 3 rings (SSSR count). The first kappa shape index (κ1) is 14.6. The first-order valence-electron chi connectivity index (χ1n) is 6.45. The lowest BCUT2D eigenvalue weighted by Gasteiger charge is -2.07. The Morgan fingerprint density at radius 3 is 2.68 bits per heavy atom. The minimum absolute atomic E-state index is 0.176. The van der Waals surface area contributed by atoms with Crippen LogP contribution >= 0.6 is 15.9 Å².